The van der Waals surface area contributed by atoms with Gasteiger partial charge >= 0.3 is 0 Å². The average Bonchev–Trinajstić information content (AvgIpc) is 2.26. The zero-order chi connectivity index (χ0) is 14.1. The van der Waals surface area contributed by atoms with Gasteiger partial charge in [0, 0.05) is 6.54 Å². The number of nitrogens with one attached hydrogen (secondary N) is 1. The third kappa shape index (κ3) is 7.63. The summed E-state index contributed by atoms with van der Waals surface area (Å²) in [5, 5.41) is 11.1. The number of ether oxygens (including phenoxy) is 1. The Labute approximate surface area is 110 Å². The van der Waals surface area contributed by atoms with Crippen LogP contribution in [0.4, 0.5) is 0 Å². The SMILES string of the molecule is CC(COO)OCC(=O)NCC(C(C)C)C(C)C. The van der Waals surface area contributed by atoms with Gasteiger partial charge in [-0.05, 0) is 24.7 Å². The van der Waals surface area contributed by atoms with E-state index in [4.69, 9.17) is 9.99 Å². The topological polar surface area (TPSA) is 67.8 Å². The van der Waals surface area contributed by atoms with Crippen molar-refractivity contribution >= 4 is 5.91 Å². The Morgan fingerprint density at radius 1 is 1.17 bits per heavy atom. The Morgan fingerprint density at radius 2 is 1.72 bits per heavy atom. The molecule has 0 saturated heterocycles. The molecule has 0 bridgehead atoms. The number of amides is 1. The van der Waals surface area contributed by atoms with E-state index in [0.29, 0.717) is 24.3 Å². The first kappa shape index (κ1) is 17.4. The smallest absolute Gasteiger partial charge is 0.246 e. The fourth-order valence-corrected chi connectivity index (χ4v) is 1.89. The van der Waals surface area contributed by atoms with E-state index in [2.05, 4.69) is 37.9 Å². The molecule has 0 aromatic heterocycles. The lowest BCUT2D eigenvalue weighted by molar-refractivity contribution is -0.258. The Kier molecular flexibility index (Phi) is 8.97. The van der Waals surface area contributed by atoms with E-state index in [0.717, 1.165) is 0 Å². The number of hydrogen-bond acceptors (Lipinski definition) is 4. The zero-order valence-electron chi connectivity index (χ0n) is 12.1. The highest BCUT2D eigenvalue weighted by atomic mass is 17.1. The molecule has 0 aromatic carbocycles. The number of rotatable bonds is 9. The molecule has 0 aliphatic rings. The molecule has 1 atom stereocenters. The lowest BCUT2D eigenvalue weighted by Gasteiger charge is -2.25. The van der Waals surface area contributed by atoms with E-state index < -0.39 is 0 Å². The highest BCUT2D eigenvalue weighted by Crippen LogP contribution is 2.19. The van der Waals surface area contributed by atoms with Crippen molar-refractivity contribution < 1.29 is 19.7 Å². The lowest BCUT2D eigenvalue weighted by atomic mass is 9.85. The van der Waals surface area contributed by atoms with Crippen molar-refractivity contribution in [2.24, 2.45) is 17.8 Å². The van der Waals surface area contributed by atoms with Crippen LogP contribution in [0.2, 0.25) is 0 Å². The maximum atomic E-state index is 11.6. The van der Waals surface area contributed by atoms with Gasteiger partial charge in [-0.3, -0.25) is 10.1 Å². The first-order valence-electron chi connectivity index (χ1n) is 6.53. The second-order valence-corrected chi connectivity index (χ2v) is 5.37. The molecule has 0 saturated carbocycles. The van der Waals surface area contributed by atoms with Crippen molar-refractivity contribution in [1.82, 2.24) is 5.32 Å². The average molecular weight is 261 g/mol. The fourth-order valence-electron chi connectivity index (χ4n) is 1.89. The summed E-state index contributed by atoms with van der Waals surface area (Å²) in [5.74, 6) is 1.40. The van der Waals surface area contributed by atoms with E-state index in [1.165, 1.54) is 0 Å². The Balaban J connectivity index is 3.88. The van der Waals surface area contributed by atoms with Crippen molar-refractivity contribution in [2.45, 2.75) is 40.7 Å². The summed E-state index contributed by atoms with van der Waals surface area (Å²) >= 11 is 0. The highest BCUT2D eigenvalue weighted by Gasteiger charge is 2.18. The van der Waals surface area contributed by atoms with E-state index in [1.54, 1.807) is 6.92 Å². The Hall–Kier alpha value is -0.650. The normalized spacial score (nSPS) is 13.4. The first-order chi connectivity index (χ1) is 8.38. The molecule has 108 valence electrons. The van der Waals surface area contributed by atoms with Crippen LogP contribution in [-0.2, 0) is 14.4 Å². The molecule has 0 aromatic rings. The van der Waals surface area contributed by atoms with Crippen LogP contribution < -0.4 is 5.32 Å². The molecule has 0 radical (unpaired) electrons. The molecule has 0 aliphatic heterocycles. The van der Waals surface area contributed by atoms with E-state index in [9.17, 15) is 4.79 Å². The molecule has 0 heterocycles. The van der Waals surface area contributed by atoms with Crippen LogP contribution in [0.3, 0.4) is 0 Å². The van der Waals surface area contributed by atoms with Crippen molar-refractivity contribution in [3.63, 3.8) is 0 Å². The number of carbonyl (C=O) groups is 1. The largest absolute Gasteiger partial charge is 0.366 e. The van der Waals surface area contributed by atoms with E-state index >= 15 is 0 Å². The van der Waals surface area contributed by atoms with Gasteiger partial charge in [0.05, 0.1) is 6.10 Å². The molecule has 18 heavy (non-hydrogen) atoms. The molecule has 5 heteroatoms. The second kappa shape index (κ2) is 9.30. The van der Waals surface area contributed by atoms with Crippen molar-refractivity contribution in [2.75, 3.05) is 19.8 Å². The minimum atomic E-state index is -0.299. The van der Waals surface area contributed by atoms with Gasteiger partial charge in [-0.1, -0.05) is 27.7 Å². The molecule has 0 fully saturated rings. The van der Waals surface area contributed by atoms with E-state index in [-0.39, 0.29) is 25.2 Å². The number of hydrogen-bond donors (Lipinski definition) is 2. The summed E-state index contributed by atoms with van der Waals surface area (Å²) in [5.41, 5.74) is 0. The van der Waals surface area contributed by atoms with E-state index in [1.807, 2.05) is 0 Å². The molecule has 1 unspecified atom stereocenters. The standard InChI is InChI=1S/C13H27NO4/c1-9(2)12(10(3)4)6-14-13(15)8-17-11(5)7-18-16/h9-12,16H,6-8H2,1-5H3,(H,14,15). The molecule has 0 spiro atoms. The van der Waals surface area contributed by atoms with Crippen molar-refractivity contribution in [1.29, 1.82) is 0 Å². The quantitative estimate of drug-likeness (QED) is 0.491. The van der Waals surface area contributed by atoms with Crippen molar-refractivity contribution in [3.8, 4) is 0 Å². The second-order valence-electron chi connectivity index (χ2n) is 5.37. The summed E-state index contributed by atoms with van der Waals surface area (Å²) in [4.78, 5) is 15.5. The summed E-state index contributed by atoms with van der Waals surface area (Å²) in [6, 6.07) is 0. The van der Waals surface area contributed by atoms with Gasteiger partial charge in [-0.25, -0.2) is 4.89 Å². The van der Waals surface area contributed by atoms with Gasteiger partial charge in [0.2, 0.25) is 5.91 Å². The monoisotopic (exact) mass is 261 g/mol. The predicted molar refractivity (Wildman–Crippen MR) is 70.2 cm³/mol. The Bertz CT molecular complexity index is 223. The fraction of sp³-hybridized carbons (Fsp3) is 0.923. The summed E-state index contributed by atoms with van der Waals surface area (Å²) < 4.78 is 5.20. The van der Waals surface area contributed by atoms with Gasteiger partial charge < -0.3 is 10.1 Å². The highest BCUT2D eigenvalue weighted by molar-refractivity contribution is 5.77. The molecule has 1 amide bonds. The van der Waals surface area contributed by atoms with Crippen LogP contribution in [0.25, 0.3) is 0 Å². The van der Waals surface area contributed by atoms with Crippen LogP contribution in [0.1, 0.15) is 34.6 Å². The minimum Gasteiger partial charge on any atom is -0.366 e. The summed E-state index contributed by atoms with van der Waals surface area (Å²) in [6.45, 7) is 11.1. The minimum absolute atomic E-state index is 0.00651. The maximum absolute atomic E-state index is 11.6. The molecule has 0 aliphatic carbocycles. The third-order valence-electron chi connectivity index (χ3n) is 3.06. The zero-order valence-corrected chi connectivity index (χ0v) is 12.1. The van der Waals surface area contributed by atoms with Crippen LogP contribution in [0, 0.1) is 17.8 Å². The molecular weight excluding hydrogens is 234 g/mol. The van der Waals surface area contributed by atoms with Gasteiger partial charge in [-0.15, -0.1) is 0 Å². The van der Waals surface area contributed by atoms with Crippen molar-refractivity contribution in [3.05, 3.63) is 0 Å². The van der Waals surface area contributed by atoms with Crippen LogP contribution >= 0.6 is 0 Å². The Morgan fingerprint density at radius 3 is 2.17 bits per heavy atom. The van der Waals surface area contributed by atoms with Gasteiger partial charge in [0.1, 0.15) is 13.2 Å². The van der Waals surface area contributed by atoms with Gasteiger partial charge in [-0.2, -0.15) is 0 Å². The van der Waals surface area contributed by atoms with Crippen LogP contribution in [-0.4, -0.2) is 37.0 Å². The number of carbonyl (C=O) groups excluding carboxylic acids is 1. The molecular formula is C13H27NO4. The predicted octanol–water partition coefficient (Wildman–Crippen LogP) is 1.93. The summed E-state index contributed by atoms with van der Waals surface area (Å²) in [6.07, 6.45) is -0.299. The maximum Gasteiger partial charge on any atom is 0.246 e. The van der Waals surface area contributed by atoms with Crippen LogP contribution in [0.5, 0.6) is 0 Å². The molecule has 5 nitrogen and oxygen atoms in total. The van der Waals surface area contributed by atoms with Crippen LogP contribution in [0.15, 0.2) is 0 Å². The molecule has 0 rings (SSSR count). The third-order valence-corrected chi connectivity index (χ3v) is 3.06. The lowest BCUT2D eigenvalue weighted by Crippen LogP contribution is -2.36. The first-order valence-corrected chi connectivity index (χ1v) is 6.53. The van der Waals surface area contributed by atoms with Gasteiger partial charge in [0.25, 0.3) is 0 Å². The summed E-state index contributed by atoms with van der Waals surface area (Å²) in [7, 11) is 0. The van der Waals surface area contributed by atoms with Gasteiger partial charge in [0.15, 0.2) is 0 Å². The molecule has 2 N–H and O–H groups in total.